The van der Waals surface area contributed by atoms with Gasteiger partial charge in [0.25, 0.3) is 0 Å². The standard InChI is InChI=1S/C18H23NOS/c1-14(15-8-10-17(21-3)11-9-15)19-13-12-16-6-4-5-7-18(16)20-2/h4-11,14,19H,12-13H2,1-3H3. The topological polar surface area (TPSA) is 21.3 Å². The molecule has 0 fully saturated rings. The van der Waals surface area contributed by atoms with E-state index in [1.807, 2.05) is 12.1 Å². The highest BCUT2D eigenvalue weighted by Crippen LogP contribution is 2.20. The smallest absolute Gasteiger partial charge is 0.122 e. The zero-order chi connectivity index (χ0) is 15.1. The third-order valence-electron chi connectivity index (χ3n) is 3.65. The van der Waals surface area contributed by atoms with Crippen LogP contribution in [0, 0.1) is 0 Å². The van der Waals surface area contributed by atoms with Crippen LogP contribution in [0.3, 0.4) is 0 Å². The lowest BCUT2D eigenvalue weighted by molar-refractivity contribution is 0.408. The maximum absolute atomic E-state index is 5.38. The number of hydrogen-bond acceptors (Lipinski definition) is 3. The quantitative estimate of drug-likeness (QED) is 0.770. The Labute approximate surface area is 131 Å². The van der Waals surface area contributed by atoms with E-state index in [9.17, 15) is 0 Å². The summed E-state index contributed by atoms with van der Waals surface area (Å²) in [6.07, 6.45) is 3.07. The molecule has 1 N–H and O–H groups in total. The van der Waals surface area contributed by atoms with E-state index in [2.05, 4.69) is 54.9 Å². The van der Waals surface area contributed by atoms with Gasteiger partial charge in [0.15, 0.2) is 0 Å². The molecule has 0 aromatic heterocycles. The molecule has 0 aliphatic carbocycles. The summed E-state index contributed by atoms with van der Waals surface area (Å²) in [5.74, 6) is 0.969. The molecule has 0 heterocycles. The molecule has 112 valence electrons. The largest absolute Gasteiger partial charge is 0.496 e. The van der Waals surface area contributed by atoms with Gasteiger partial charge >= 0.3 is 0 Å². The van der Waals surface area contributed by atoms with Crippen molar-refractivity contribution in [1.29, 1.82) is 0 Å². The number of nitrogens with one attached hydrogen (secondary N) is 1. The van der Waals surface area contributed by atoms with E-state index in [1.165, 1.54) is 16.0 Å². The van der Waals surface area contributed by atoms with Gasteiger partial charge in [0.05, 0.1) is 7.11 Å². The van der Waals surface area contributed by atoms with Crippen molar-refractivity contribution < 1.29 is 4.74 Å². The summed E-state index contributed by atoms with van der Waals surface area (Å²) in [7, 11) is 1.72. The summed E-state index contributed by atoms with van der Waals surface area (Å²) in [4.78, 5) is 1.31. The lowest BCUT2D eigenvalue weighted by Gasteiger charge is -2.15. The maximum atomic E-state index is 5.38. The van der Waals surface area contributed by atoms with Crippen LogP contribution in [-0.2, 0) is 6.42 Å². The molecule has 0 saturated carbocycles. The summed E-state index contributed by atoms with van der Waals surface area (Å²) in [6.45, 7) is 3.14. The van der Waals surface area contributed by atoms with Gasteiger partial charge in [-0.2, -0.15) is 0 Å². The second kappa shape index (κ2) is 8.11. The van der Waals surface area contributed by atoms with E-state index >= 15 is 0 Å². The fourth-order valence-electron chi connectivity index (χ4n) is 2.34. The number of thioether (sulfide) groups is 1. The number of ether oxygens (including phenoxy) is 1. The molecular weight excluding hydrogens is 278 g/mol. The molecule has 2 nitrogen and oxygen atoms in total. The zero-order valence-corrected chi connectivity index (χ0v) is 13.7. The molecule has 1 atom stereocenters. The molecule has 0 radical (unpaired) electrons. The first-order valence-electron chi connectivity index (χ1n) is 7.24. The zero-order valence-electron chi connectivity index (χ0n) is 12.9. The minimum Gasteiger partial charge on any atom is -0.496 e. The first-order valence-corrected chi connectivity index (χ1v) is 8.46. The summed E-state index contributed by atoms with van der Waals surface area (Å²) in [6, 6.07) is 17.3. The van der Waals surface area contributed by atoms with Gasteiger partial charge in [0.2, 0.25) is 0 Å². The van der Waals surface area contributed by atoms with Crippen molar-refractivity contribution in [3.8, 4) is 5.75 Å². The number of hydrogen-bond donors (Lipinski definition) is 1. The first-order chi connectivity index (χ1) is 10.2. The average molecular weight is 301 g/mol. The van der Waals surface area contributed by atoms with Crippen molar-refractivity contribution in [2.75, 3.05) is 19.9 Å². The highest BCUT2D eigenvalue weighted by atomic mass is 32.2. The van der Waals surface area contributed by atoms with E-state index < -0.39 is 0 Å². The molecule has 0 spiro atoms. The molecule has 0 aliphatic heterocycles. The van der Waals surface area contributed by atoms with Crippen molar-refractivity contribution >= 4 is 11.8 Å². The van der Waals surface area contributed by atoms with Crippen molar-refractivity contribution in [3.63, 3.8) is 0 Å². The fourth-order valence-corrected chi connectivity index (χ4v) is 2.75. The van der Waals surface area contributed by atoms with Crippen LogP contribution in [0.4, 0.5) is 0 Å². The third-order valence-corrected chi connectivity index (χ3v) is 4.40. The minimum absolute atomic E-state index is 0.357. The summed E-state index contributed by atoms with van der Waals surface area (Å²) in [5.41, 5.74) is 2.57. The molecule has 2 aromatic carbocycles. The van der Waals surface area contributed by atoms with Crippen LogP contribution in [0.25, 0.3) is 0 Å². The number of methoxy groups -OCH3 is 1. The Balaban J connectivity index is 1.87. The van der Waals surface area contributed by atoms with Crippen LogP contribution in [0.1, 0.15) is 24.1 Å². The monoisotopic (exact) mass is 301 g/mol. The lowest BCUT2D eigenvalue weighted by Crippen LogP contribution is -2.21. The van der Waals surface area contributed by atoms with Crippen LogP contribution in [0.2, 0.25) is 0 Å². The van der Waals surface area contributed by atoms with Crippen LogP contribution in [-0.4, -0.2) is 19.9 Å². The van der Waals surface area contributed by atoms with Gasteiger partial charge in [-0.3, -0.25) is 0 Å². The van der Waals surface area contributed by atoms with Crippen LogP contribution in [0.15, 0.2) is 53.4 Å². The molecule has 3 heteroatoms. The molecule has 2 rings (SSSR count). The molecule has 0 bridgehead atoms. The number of benzene rings is 2. The van der Waals surface area contributed by atoms with Gasteiger partial charge in [-0.05, 0) is 55.5 Å². The van der Waals surface area contributed by atoms with E-state index in [-0.39, 0.29) is 0 Å². The van der Waals surface area contributed by atoms with Gasteiger partial charge in [-0.25, -0.2) is 0 Å². The molecule has 0 saturated heterocycles. The van der Waals surface area contributed by atoms with Crippen LogP contribution < -0.4 is 10.1 Å². The Bertz CT molecular complexity index is 553. The predicted octanol–water partition coefficient (Wildman–Crippen LogP) is 4.31. The van der Waals surface area contributed by atoms with Gasteiger partial charge in [-0.15, -0.1) is 11.8 Å². The Morgan fingerprint density at radius 2 is 1.81 bits per heavy atom. The molecular formula is C18H23NOS. The molecule has 1 unspecified atom stereocenters. The summed E-state index contributed by atoms with van der Waals surface area (Å²) in [5, 5.41) is 3.57. The van der Waals surface area contributed by atoms with Gasteiger partial charge < -0.3 is 10.1 Å². The molecule has 21 heavy (non-hydrogen) atoms. The van der Waals surface area contributed by atoms with Crippen molar-refractivity contribution in [2.24, 2.45) is 0 Å². The number of para-hydroxylation sites is 1. The van der Waals surface area contributed by atoms with E-state index in [1.54, 1.807) is 18.9 Å². The number of rotatable bonds is 7. The highest BCUT2D eigenvalue weighted by Gasteiger charge is 2.06. The third kappa shape index (κ3) is 4.51. The SMILES string of the molecule is COc1ccccc1CCNC(C)c1ccc(SC)cc1. The Morgan fingerprint density at radius 3 is 2.48 bits per heavy atom. The lowest BCUT2D eigenvalue weighted by atomic mass is 10.1. The second-order valence-corrected chi connectivity index (χ2v) is 5.89. The van der Waals surface area contributed by atoms with E-state index in [4.69, 9.17) is 4.74 Å². The van der Waals surface area contributed by atoms with Crippen molar-refractivity contribution in [2.45, 2.75) is 24.3 Å². The van der Waals surface area contributed by atoms with Crippen LogP contribution in [0.5, 0.6) is 5.75 Å². The molecule has 2 aromatic rings. The van der Waals surface area contributed by atoms with Crippen LogP contribution >= 0.6 is 11.8 Å². The summed E-state index contributed by atoms with van der Waals surface area (Å²) < 4.78 is 5.38. The normalized spacial score (nSPS) is 12.1. The van der Waals surface area contributed by atoms with Gasteiger partial charge in [0.1, 0.15) is 5.75 Å². The maximum Gasteiger partial charge on any atom is 0.122 e. The van der Waals surface area contributed by atoms with E-state index in [0.717, 1.165) is 18.7 Å². The summed E-state index contributed by atoms with van der Waals surface area (Å²) >= 11 is 1.77. The van der Waals surface area contributed by atoms with Crippen molar-refractivity contribution in [1.82, 2.24) is 5.32 Å². The van der Waals surface area contributed by atoms with E-state index in [0.29, 0.717) is 6.04 Å². The Kier molecular flexibility index (Phi) is 6.15. The van der Waals surface area contributed by atoms with Crippen molar-refractivity contribution in [3.05, 3.63) is 59.7 Å². The predicted molar refractivity (Wildman–Crippen MR) is 91.3 cm³/mol. The molecule has 0 aliphatic rings. The second-order valence-electron chi connectivity index (χ2n) is 5.01. The first kappa shape index (κ1) is 15.9. The Hall–Kier alpha value is -1.45. The highest BCUT2D eigenvalue weighted by molar-refractivity contribution is 7.98. The average Bonchev–Trinajstić information content (AvgIpc) is 2.55. The Morgan fingerprint density at radius 1 is 1.10 bits per heavy atom. The minimum atomic E-state index is 0.357. The van der Waals surface area contributed by atoms with Gasteiger partial charge in [0, 0.05) is 10.9 Å². The fraction of sp³-hybridized carbons (Fsp3) is 0.333. The molecule has 0 amide bonds. The van der Waals surface area contributed by atoms with Gasteiger partial charge in [-0.1, -0.05) is 30.3 Å².